The Labute approximate surface area is 170 Å². The van der Waals surface area contributed by atoms with E-state index in [0.29, 0.717) is 36.3 Å². The van der Waals surface area contributed by atoms with Crippen LogP contribution in [0.2, 0.25) is 0 Å². The molecule has 0 aliphatic rings. The Morgan fingerprint density at radius 3 is 2.55 bits per heavy atom. The largest absolute Gasteiger partial charge is 0.480 e. The van der Waals surface area contributed by atoms with Gasteiger partial charge in [-0.1, -0.05) is 31.0 Å². The van der Waals surface area contributed by atoms with E-state index < -0.39 is 11.5 Å². The fourth-order valence-electron chi connectivity index (χ4n) is 2.92. The molecule has 1 aromatic heterocycles. The molecule has 1 aromatic carbocycles. The third kappa shape index (κ3) is 6.41. The molecule has 1 heterocycles. The van der Waals surface area contributed by atoms with Gasteiger partial charge in [-0.05, 0) is 50.5 Å². The van der Waals surface area contributed by atoms with Crippen LogP contribution < -0.4 is 10.6 Å². The molecule has 1 amide bonds. The number of benzene rings is 1. The van der Waals surface area contributed by atoms with Crippen molar-refractivity contribution >= 4 is 29.7 Å². The second kappa shape index (κ2) is 10.4. The van der Waals surface area contributed by atoms with Crippen LogP contribution in [-0.2, 0) is 9.59 Å². The summed E-state index contributed by atoms with van der Waals surface area (Å²) in [6.07, 6.45) is 5.54. The Balaban J connectivity index is 2.14. The number of carboxylic acids is 1. The van der Waals surface area contributed by atoms with Gasteiger partial charge in [0.15, 0.2) is 0 Å². The Hall–Kier alpha value is -3.22. The summed E-state index contributed by atoms with van der Waals surface area (Å²) >= 11 is 0. The average Bonchev–Trinajstić information content (AvgIpc) is 2.70. The maximum atomic E-state index is 12.7. The van der Waals surface area contributed by atoms with Crippen molar-refractivity contribution in [1.29, 1.82) is 0 Å². The van der Waals surface area contributed by atoms with Crippen LogP contribution in [0.25, 0.3) is 0 Å². The fraction of sp³-hybridized carbons (Fsp3) is 0.364. The van der Waals surface area contributed by atoms with E-state index in [1.54, 1.807) is 43.5 Å². The first-order valence-electron chi connectivity index (χ1n) is 9.64. The van der Waals surface area contributed by atoms with E-state index in [9.17, 15) is 19.5 Å². The topological polar surface area (TPSA) is 108 Å². The summed E-state index contributed by atoms with van der Waals surface area (Å²) in [5.74, 6) is -0.946. The number of aromatic nitrogens is 1. The van der Waals surface area contributed by atoms with Gasteiger partial charge in [-0.25, -0.2) is 9.78 Å². The number of carbonyl (C=O) groups excluding carboxylic acids is 2. The van der Waals surface area contributed by atoms with Gasteiger partial charge in [-0.15, -0.1) is 0 Å². The summed E-state index contributed by atoms with van der Waals surface area (Å²) in [7, 11) is 0. The number of anilines is 2. The molecule has 154 valence electrons. The highest BCUT2D eigenvalue weighted by Crippen LogP contribution is 2.25. The number of aliphatic carboxylic acids is 1. The van der Waals surface area contributed by atoms with E-state index in [2.05, 4.69) is 15.6 Å². The zero-order valence-electron chi connectivity index (χ0n) is 16.8. The lowest BCUT2D eigenvalue weighted by Crippen LogP contribution is -2.43. The molecule has 0 aliphatic heterocycles. The maximum absolute atomic E-state index is 12.7. The quantitative estimate of drug-likeness (QED) is 0.390. The third-order valence-electron chi connectivity index (χ3n) is 4.71. The van der Waals surface area contributed by atoms with Crippen molar-refractivity contribution in [2.75, 3.05) is 10.6 Å². The first-order valence-corrected chi connectivity index (χ1v) is 9.64. The van der Waals surface area contributed by atoms with Crippen molar-refractivity contribution in [2.45, 2.75) is 51.5 Å². The van der Waals surface area contributed by atoms with Crippen LogP contribution in [0.15, 0.2) is 42.6 Å². The predicted molar refractivity (Wildman–Crippen MR) is 112 cm³/mol. The zero-order valence-corrected chi connectivity index (χ0v) is 16.8. The van der Waals surface area contributed by atoms with E-state index in [1.165, 1.54) is 0 Å². The predicted octanol–water partition coefficient (Wildman–Crippen LogP) is 4.05. The lowest BCUT2D eigenvalue weighted by Gasteiger charge is -2.28. The molecule has 0 saturated heterocycles. The number of carboxylic acid groups (broad SMARTS) is 1. The number of para-hydroxylation sites is 1. The molecule has 1 unspecified atom stereocenters. The lowest BCUT2D eigenvalue weighted by atomic mass is 9.93. The second-order valence-electron chi connectivity index (χ2n) is 7.25. The first kappa shape index (κ1) is 22.1. The monoisotopic (exact) mass is 397 g/mol. The molecule has 0 aliphatic carbocycles. The normalized spacial score (nSPS) is 12.6. The van der Waals surface area contributed by atoms with Crippen molar-refractivity contribution in [3.63, 3.8) is 0 Å². The summed E-state index contributed by atoms with van der Waals surface area (Å²) in [5, 5.41) is 15.5. The SMILES string of the molecule is Cc1ccc(NC(=O)c2ccccc2NC(C)(CCCCCC=O)C(=O)O)nc1. The molecule has 0 radical (unpaired) electrons. The fourth-order valence-corrected chi connectivity index (χ4v) is 2.92. The second-order valence-corrected chi connectivity index (χ2v) is 7.25. The van der Waals surface area contributed by atoms with Crippen molar-refractivity contribution in [2.24, 2.45) is 0 Å². The molecule has 2 aromatic rings. The molecular formula is C22H27N3O4. The molecular weight excluding hydrogens is 370 g/mol. The van der Waals surface area contributed by atoms with E-state index in [-0.39, 0.29) is 5.91 Å². The lowest BCUT2D eigenvalue weighted by molar-refractivity contribution is -0.142. The van der Waals surface area contributed by atoms with Crippen molar-refractivity contribution in [3.05, 3.63) is 53.7 Å². The van der Waals surface area contributed by atoms with Crippen LogP contribution >= 0.6 is 0 Å². The van der Waals surface area contributed by atoms with Crippen LogP contribution in [0.4, 0.5) is 11.5 Å². The van der Waals surface area contributed by atoms with Crippen LogP contribution in [0, 0.1) is 6.92 Å². The van der Waals surface area contributed by atoms with E-state index in [1.807, 2.05) is 13.0 Å². The van der Waals surface area contributed by atoms with Gasteiger partial charge in [0, 0.05) is 18.3 Å². The summed E-state index contributed by atoms with van der Waals surface area (Å²) in [6, 6.07) is 10.3. The average molecular weight is 397 g/mol. The third-order valence-corrected chi connectivity index (χ3v) is 4.71. The zero-order chi connectivity index (χ0) is 21.3. The molecule has 29 heavy (non-hydrogen) atoms. The highest BCUT2D eigenvalue weighted by molar-refractivity contribution is 6.08. The highest BCUT2D eigenvalue weighted by atomic mass is 16.4. The van der Waals surface area contributed by atoms with Gasteiger partial charge in [0.05, 0.1) is 5.56 Å². The standard InChI is InChI=1S/C22H27N3O4/c1-16-11-12-19(23-15-16)24-20(27)17-9-5-6-10-18(17)25-22(2,21(28)29)13-7-3-4-8-14-26/h5-6,9-12,14-15,25H,3-4,7-8,13H2,1-2H3,(H,28,29)(H,23,24,27). The first-order chi connectivity index (χ1) is 13.9. The maximum Gasteiger partial charge on any atom is 0.329 e. The molecule has 0 spiro atoms. The number of nitrogens with zero attached hydrogens (tertiary/aromatic N) is 1. The Bertz CT molecular complexity index is 851. The minimum absolute atomic E-state index is 0.336. The Kier molecular flexibility index (Phi) is 7.88. The number of aryl methyl sites for hydroxylation is 1. The van der Waals surface area contributed by atoms with E-state index >= 15 is 0 Å². The van der Waals surface area contributed by atoms with Gasteiger partial charge in [-0.3, -0.25) is 4.79 Å². The number of aldehydes is 1. The number of nitrogens with one attached hydrogen (secondary N) is 2. The number of unbranched alkanes of at least 4 members (excludes halogenated alkanes) is 3. The molecule has 2 rings (SSSR count). The molecule has 1 atom stereocenters. The Morgan fingerprint density at radius 1 is 1.14 bits per heavy atom. The molecule has 0 bridgehead atoms. The van der Waals surface area contributed by atoms with Gasteiger partial charge in [0.2, 0.25) is 0 Å². The molecule has 0 fully saturated rings. The van der Waals surface area contributed by atoms with Gasteiger partial charge in [0.25, 0.3) is 5.91 Å². The summed E-state index contributed by atoms with van der Waals surface area (Å²) < 4.78 is 0. The van der Waals surface area contributed by atoms with Crippen molar-refractivity contribution in [1.82, 2.24) is 4.98 Å². The van der Waals surface area contributed by atoms with E-state index in [4.69, 9.17) is 0 Å². The number of amides is 1. The highest BCUT2D eigenvalue weighted by Gasteiger charge is 2.33. The van der Waals surface area contributed by atoms with Crippen molar-refractivity contribution < 1.29 is 19.5 Å². The summed E-state index contributed by atoms with van der Waals surface area (Å²) in [6.45, 7) is 3.51. The number of rotatable bonds is 11. The van der Waals surface area contributed by atoms with Crippen molar-refractivity contribution in [3.8, 4) is 0 Å². The Morgan fingerprint density at radius 2 is 1.90 bits per heavy atom. The van der Waals surface area contributed by atoms with Crippen LogP contribution in [-0.4, -0.2) is 33.8 Å². The molecule has 7 heteroatoms. The molecule has 7 nitrogen and oxygen atoms in total. The minimum Gasteiger partial charge on any atom is -0.480 e. The van der Waals surface area contributed by atoms with Gasteiger partial charge >= 0.3 is 5.97 Å². The number of pyridine rings is 1. The molecule has 0 saturated carbocycles. The van der Waals surface area contributed by atoms with Crippen LogP contribution in [0.1, 0.15) is 54.9 Å². The number of hydrogen-bond acceptors (Lipinski definition) is 5. The van der Waals surface area contributed by atoms with Gasteiger partial charge < -0.3 is 20.5 Å². The molecule has 3 N–H and O–H groups in total. The minimum atomic E-state index is -1.24. The van der Waals surface area contributed by atoms with Crippen LogP contribution in [0.5, 0.6) is 0 Å². The van der Waals surface area contributed by atoms with Gasteiger partial charge in [-0.2, -0.15) is 0 Å². The summed E-state index contributed by atoms with van der Waals surface area (Å²) in [5.41, 5.74) is 0.522. The smallest absolute Gasteiger partial charge is 0.329 e. The van der Waals surface area contributed by atoms with E-state index in [0.717, 1.165) is 24.7 Å². The van der Waals surface area contributed by atoms with Gasteiger partial charge in [0.1, 0.15) is 17.6 Å². The van der Waals surface area contributed by atoms with Crippen LogP contribution in [0.3, 0.4) is 0 Å². The summed E-state index contributed by atoms with van der Waals surface area (Å²) in [4.78, 5) is 39.2. The number of hydrogen-bond donors (Lipinski definition) is 3. The number of carbonyl (C=O) groups is 3.